The van der Waals surface area contributed by atoms with Crippen molar-refractivity contribution in [2.24, 2.45) is 0 Å². The lowest BCUT2D eigenvalue weighted by atomic mass is 10.2. The van der Waals surface area contributed by atoms with E-state index in [9.17, 15) is 8.42 Å². The van der Waals surface area contributed by atoms with E-state index < -0.39 is 10.0 Å². The van der Waals surface area contributed by atoms with Crippen LogP contribution in [0.4, 0.5) is 0 Å². The molecular weight excluding hydrogens is 264 g/mol. The zero-order valence-corrected chi connectivity index (χ0v) is 12.1. The maximum Gasteiger partial charge on any atom is 0.243 e. The van der Waals surface area contributed by atoms with E-state index in [1.807, 2.05) is 0 Å². The van der Waals surface area contributed by atoms with E-state index in [2.05, 4.69) is 12.2 Å². The van der Waals surface area contributed by atoms with Crippen LogP contribution in [0.5, 0.6) is 5.75 Å². The number of methoxy groups -OCH3 is 1. The predicted octanol–water partition coefficient (Wildman–Crippen LogP) is 1.07. The van der Waals surface area contributed by atoms with Gasteiger partial charge in [0.25, 0.3) is 0 Å². The van der Waals surface area contributed by atoms with Crippen LogP contribution in [0.3, 0.4) is 0 Å². The Kier molecular flexibility index (Phi) is 4.44. The Morgan fingerprint density at radius 2 is 1.95 bits per heavy atom. The molecule has 106 valence electrons. The molecule has 1 fully saturated rings. The summed E-state index contributed by atoms with van der Waals surface area (Å²) in [5.74, 6) is 0.658. The molecule has 0 radical (unpaired) electrons. The summed E-state index contributed by atoms with van der Waals surface area (Å²) < 4.78 is 31.6. The van der Waals surface area contributed by atoms with Crippen molar-refractivity contribution in [1.29, 1.82) is 0 Å². The smallest absolute Gasteiger partial charge is 0.243 e. The molecule has 6 heteroatoms. The lowest BCUT2D eigenvalue weighted by molar-refractivity contribution is 0.413. The van der Waals surface area contributed by atoms with Gasteiger partial charge >= 0.3 is 0 Å². The second-order valence-corrected chi connectivity index (χ2v) is 6.66. The third-order valence-electron chi connectivity index (χ3n) is 3.36. The van der Waals surface area contributed by atoms with Crippen LogP contribution in [-0.2, 0) is 10.0 Å². The van der Waals surface area contributed by atoms with Crippen molar-refractivity contribution in [3.05, 3.63) is 24.3 Å². The van der Waals surface area contributed by atoms with Gasteiger partial charge < -0.3 is 10.1 Å². The van der Waals surface area contributed by atoms with Crippen molar-refractivity contribution in [3.63, 3.8) is 0 Å². The molecule has 5 nitrogen and oxygen atoms in total. The van der Waals surface area contributed by atoms with Gasteiger partial charge in [0.1, 0.15) is 5.75 Å². The van der Waals surface area contributed by atoms with E-state index in [1.165, 1.54) is 0 Å². The summed E-state index contributed by atoms with van der Waals surface area (Å²) in [6.07, 6.45) is 0.829. The maximum atomic E-state index is 12.5. The highest BCUT2D eigenvalue weighted by atomic mass is 32.2. The number of rotatable bonds is 3. The van der Waals surface area contributed by atoms with Gasteiger partial charge in [-0.25, -0.2) is 8.42 Å². The van der Waals surface area contributed by atoms with Gasteiger partial charge in [-0.2, -0.15) is 4.31 Å². The highest BCUT2D eigenvalue weighted by molar-refractivity contribution is 7.89. The van der Waals surface area contributed by atoms with E-state index in [0.717, 1.165) is 6.42 Å². The molecule has 0 amide bonds. The minimum absolute atomic E-state index is 0.322. The van der Waals surface area contributed by atoms with Crippen LogP contribution in [-0.4, -0.2) is 45.5 Å². The molecule has 19 heavy (non-hydrogen) atoms. The number of sulfonamides is 1. The molecule has 0 spiro atoms. The minimum Gasteiger partial charge on any atom is -0.497 e. The molecule has 0 saturated carbocycles. The number of benzene rings is 1. The summed E-state index contributed by atoms with van der Waals surface area (Å²) in [6, 6.07) is 6.89. The molecule has 1 saturated heterocycles. The molecule has 1 unspecified atom stereocenters. The summed E-state index contributed by atoms with van der Waals surface area (Å²) >= 11 is 0. The first-order chi connectivity index (χ1) is 9.04. The van der Waals surface area contributed by atoms with Crippen molar-refractivity contribution in [1.82, 2.24) is 9.62 Å². The molecule has 1 aromatic carbocycles. The van der Waals surface area contributed by atoms with Crippen LogP contribution in [0.1, 0.15) is 13.3 Å². The Morgan fingerprint density at radius 3 is 2.58 bits per heavy atom. The summed E-state index contributed by atoms with van der Waals surface area (Å²) in [5.41, 5.74) is 0. The van der Waals surface area contributed by atoms with Crippen molar-refractivity contribution in [3.8, 4) is 5.75 Å². The van der Waals surface area contributed by atoms with Gasteiger partial charge in [-0.15, -0.1) is 0 Å². The van der Waals surface area contributed by atoms with Gasteiger partial charge in [0, 0.05) is 25.7 Å². The average molecular weight is 284 g/mol. The van der Waals surface area contributed by atoms with Gasteiger partial charge in [0.2, 0.25) is 10.0 Å². The van der Waals surface area contributed by atoms with Crippen molar-refractivity contribution < 1.29 is 13.2 Å². The molecule has 1 aromatic rings. The number of nitrogens with one attached hydrogen (secondary N) is 1. The van der Waals surface area contributed by atoms with Gasteiger partial charge in [0.15, 0.2) is 0 Å². The van der Waals surface area contributed by atoms with E-state index in [0.29, 0.717) is 36.3 Å². The summed E-state index contributed by atoms with van der Waals surface area (Å²) in [6.45, 7) is 3.83. The number of nitrogens with zero attached hydrogens (tertiary/aromatic N) is 1. The third-order valence-corrected chi connectivity index (χ3v) is 5.28. The van der Waals surface area contributed by atoms with E-state index in [-0.39, 0.29) is 0 Å². The second-order valence-electron chi connectivity index (χ2n) is 4.72. The van der Waals surface area contributed by atoms with Crippen LogP contribution in [0.2, 0.25) is 0 Å². The Morgan fingerprint density at radius 1 is 1.26 bits per heavy atom. The maximum absolute atomic E-state index is 12.5. The van der Waals surface area contributed by atoms with Gasteiger partial charge in [-0.1, -0.05) is 0 Å². The summed E-state index contributed by atoms with van der Waals surface area (Å²) in [5, 5.41) is 3.29. The molecule has 2 rings (SSSR count). The van der Waals surface area contributed by atoms with Crippen LogP contribution in [0.25, 0.3) is 0 Å². The van der Waals surface area contributed by atoms with Crippen molar-refractivity contribution >= 4 is 10.0 Å². The second kappa shape index (κ2) is 5.90. The van der Waals surface area contributed by atoms with E-state index in [4.69, 9.17) is 4.74 Å². The number of ether oxygens (including phenoxy) is 1. The molecule has 0 aromatic heterocycles. The van der Waals surface area contributed by atoms with Crippen LogP contribution < -0.4 is 10.1 Å². The SMILES string of the molecule is COc1ccc(S(=O)(=O)N2CCNC(C)CC2)cc1. The molecule has 0 bridgehead atoms. The first kappa shape index (κ1) is 14.3. The Bertz CT molecular complexity index is 513. The molecule has 1 aliphatic rings. The highest BCUT2D eigenvalue weighted by Gasteiger charge is 2.26. The fourth-order valence-electron chi connectivity index (χ4n) is 2.12. The number of hydrogen-bond donors (Lipinski definition) is 1. The first-order valence-corrected chi connectivity index (χ1v) is 7.85. The standard InChI is InChI=1S/C13H20N2O3S/c1-11-7-9-15(10-8-14-11)19(16,17)13-5-3-12(18-2)4-6-13/h3-6,11,14H,7-10H2,1-2H3. The largest absolute Gasteiger partial charge is 0.497 e. The fourth-order valence-corrected chi connectivity index (χ4v) is 3.58. The lowest BCUT2D eigenvalue weighted by Crippen LogP contribution is -2.34. The van der Waals surface area contributed by atoms with Crippen LogP contribution >= 0.6 is 0 Å². The quantitative estimate of drug-likeness (QED) is 0.902. The zero-order chi connectivity index (χ0) is 13.9. The van der Waals surface area contributed by atoms with Crippen LogP contribution in [0, 0.1) is 0 Å². The topological polar surface area (TPSA) is 58.6 Å². The number of hydrogen-bond acceptors (Lipinski definition) is 4. The van der Waals surface area contributed by atoms with Gasteiger partial charge in [0.05, 0.1) is 12.0 Å². The Hall–Kier alpha value is -1.11. The van der Waals surface area contributed by atoms with Crippen molar-refractivity contribution in [2.75, 3.05) is 26.7 Å². The van der Waals surface area contributed by atoms with E-state index in [1.54, 1.807) is 35.7 Å². The molecule has 1 N–H and O–H groups in total. The fraction of sp³-hybridized carbons (Fsp3) is 0.538. The highest BCUT2D eigenvalue weighted by Crippen LogP contribution is 2.20. The first-order valence-electron chi connectivity index (χ1n) is 6.41. The van der Waals surface area contributed by atoms with Gasteiger partial charge in [-0.3, -0.25) is 0 Å². The van der Waals surface area contributed by atoms with E-state index >= 15 is 0 Å². The normalized spacial score (nSPS) is 21.9. The predicted molar refractivity (Wildman–Crippen MR) is 73.8 cm³/mol. The monoisotopic (exact) mass is 284 g/mol. The Balaban J connectivity index is 2.20. The third kappa shape index (κ3) is 3.26. The molecule has 1 aliphatic heterocycles. The summed E-state index contributed by atoms with van der Waals surface area (Å²) in [4.78, 5) is 0.322. The zero-order valence-electron chi connectivity index (χ0n) is 11.3. The Labute approximate surface area is 114 Å². The lowest BCUT2D eigenvalue weighted by Gasteiger charge is -2.19. The van der Waals surface area contributed by atoms with Crippen LogP contribution in [0.15, 0.2) is 29.2 Å². The average Bonchev–Trinajstić information content (AvgIpc) is 2.64. The molecular formula is C13H20N2O3S. The molecule has 1 atom stereocenters. The van der Waals surface area contributed by atoms with Gasteiger partial charge in [-0.05, 0) is 37.6 Å². The van der Waals surface area contributed by atoms with Crippen molar-refractivity contribution in [2.45, 2.75) is 24.3 Å². The minimum atomic E-state index is -3.40. The molecule has 0 aliphatic carbocycles. The molecule has 1 heterocycles. The summed E-state index contributed by atoms with van der Waals surface area (Å²) in [7, 11) is -1.84.